The summed E-state index contributed by atoms with van der Waals surface area (Å²) in [5.74, 6) is 0.864. The summed E-state index contributed by atoms with van der Waals surface area (Å²) in [6.07, 6.45) is 0.613. The maximum Gasteiger partial charge on any atom is 0.168 e. The molecule has 0 aromatic heterocycles. The summed E-state index contributed by atoms with van der Waals surface area (Å²) in [6.45, 7) is 6.97. The average Bonchev–Trinajstić information content (AvgIpc) is 2.42. The number of rotatable bonds is 5. The summed E-state index contributed by atoms with van der Waals surface area (Å²) in [7, 11) is 4.21. The number of hydrogen-bond acceptors (Lipinski definition) is 4. The van der Waals surface area contributed by atoms with Crippen LogP contribution in [0.25, 0.3) is 0 Å². The molecule has 0 spiro atoms. The zero-order valence-electron chi connectivity index (χ0n) is 13.5. The van der Waals surface area contributed by atoms with Gasteiger partial charge >= 0.3 is 0 Å². The summed E-state index contributed by atoms with van der Waals surface area (Å²) in [5.41, 5.74) is 0.702. The van der Waals surface area contributed by atoms with Crippen LogP contribution < -0.4 is 4.74 Å². The summed E-state index contributed by atoms with van der Waals surface area (Å²) in [6, 6.07) is 7.84. The van der Waals surface area contributed by atoms with Crippen LogP contribution in [-0.2, 0) is 0 Å². The molecule has 0 aliphatic carbocycles. The van der Waals surface area contributed by atoms with Crippen molar-refractivity contribution in [3.05, 3.63) is 29.8 Å². The van der Waals surface area contributed by atoms with E-state index in [0.717, 1.165) is 19.6 Å². The van der Waals surface area contributed by atoms with E-state index >= 15 is 0 Å². The van der Waals surface area contributed by atoms with E-state index in [4.69, 9.17) is 4.74 Å². The van der Waals surface area contributed by atoms with Gasteiger partial charge in [-0.2, -0.15) is 0 Å². The Morgan fingerprint density at radius 2 is 2.00 bits per heavy atom. The van der Waals surface area contributed by atoms with E-state index < -0.39 is 0 Å². The first-order valence-corrected chi connectivity index (χ1v) is 7.65. The van der Waals surface area contributed by atoms with Crippen molar-refractivity contribution in [1.82, 2.24) is 9.80 Å². The predicted molar refractivity (Wildman–Crippen MR) is 85.1 cm³/mol. The maximum absolute atomic E-state index is 12.6. The first kappa shape index (κ1) is 16.0. The van der Waals surface area contributed by atoms with Gasteiger partial charge in [-0.3, -0.25) is 4.79 Å². The van der Waals surface area contributed by atoms with Gasteiger partial charge < -0.3 is 14.5 Å². The molecule has 0 amide bonds. The number of carbonyl (C=O) groups excluding carboxylic acids is 1. The zero-order valence-corrected chi connectivity index (χ0v) is 13.5. The Morgan fingerprint density at radius 1 is 1.29 bits per heavy atom. The van der Waals surface area contributed by atoms with E-state index in [2.05, 4.69) is 23.9 Å². The number of carbonyl (C=O) groups is 1. The molecule has 1 aliphatic rings. The van der Waals surface area contributed by atoms with Gasteiger partial charge in [0.2, 0.25) is 0 Å². The maximum atomic E-state index is 12.6. The molecule has 1 fully saturated rings. The SMILES string of the molecule is CC(C)Oc1ccccc1C(=O)CC1CN(C)CCN1C. The van der Waals surface area contributed by atoms with E-state index in [-0.39, 0.29) is 17.9 Å². The van der Waals surface area contributed by atoms with Crippen LogP contribution in [0.15, 0.2) is 24.3 Å². The van der Waals surface area contributed by atoms with Gasteiger partial charge in [-0.1, -0.05) is 12.1 Å². The largest absolute Gasteiger partial charge is 0.490 e. The highest BCUT2D eigenvalue weighted by Gasteiger charge is 2.26. The van der Waals surface area contributed by atoms with Crippen LogP contribution in [0.1, 0.15) is 30.6 Å². The summed E-state index contributed by atoms with van der Waals surface area (Å²) in [5, 5.41) is 0. The van der Waals surface area contributed by atoms with Crippen LogP contribution in [0.5, 0.6) is 5.75 Å². The Balaban J connectivity index is 2.09. The molecule has 1 aromatic rings. The van der Waals surface area contributed by atoms with Crippen LogP contribution in [0.2, 0.25) is 0 Å². The molecule has 2 rings (SSSR count). The fourth-order valence-corrected chi connectivity index (χ4v) is 2.70. The lowest BCUT2D eigenvalue weighted by Gasteiger charge is -2.37. The van der Waals surface area contributed by atoms with Crippen molar-refractivity contribution in [2.45, 2.75) is 32.4 Å². The number of hydrogen-bond donors (Lipinski definition) is 0. The van der Waals surface area contributed by atoms with Gasteiger partial charge in [0.25, 0.3) is 0 Å². The van der Waals surface area contributed by atoms with Crippen molar-refractivity contribution < 1.29 is 9.53 Å². The molecule has 0 bridgehead atoms. The third kappa shape index (κ3) is 4.29. The van der Waals surface area contributed by atoms with Gasteiger partial charge in [-0.15, -0.1) is 0 Å². The van der Waals surface area contributed by atoms with Crippen LogP contribution >= 0.6 is 0 Å². The molecule has 1 saturated heterocycles. The molecule has 21 heavy (non-hydrogen) atoms. The second-order valence-corrected chi connectivity index (χ2v) is 6.19. The molecule has 4 nitrogen and oxygen atoms in total. The van der Waals surface area contributed by atoms with Crippen molar-refractivity contribution in [3.8, 4) is 5.75 Å². The number of Topliss-reactive ketones (excluding diaryl/α,β-unsaturated/α-hetero) is 1. The predicted octanol–water partition coefficient (Wildman–Crippen LogP) is 2.29. The van der Waals surface area contributed by atoms with Crippen LogP contribution in [0, 0.1) is 0 Å². The number of ether oxygens (including phenoxy) is 1. The highest BCUT2D eigenvalue weighted by molar-refractivity contribution is 5.99. The van der Waals surface area contributed by atoms with Crippen molar-refractivity contribution in [2.24, 2.45) is 0 Å². The number of nitrogens with zero attached hydrogens (tertiary/aromatic N) is 2. The molecule has 0 radical (unpaired) electrons. The van der Waals surface area contributed by atoms with E-state index in [9.17, 15) is 4.79 Å². The van der Waals surface area contributed by atoms with Crippen molar-refractivity contribution in [3.63, 3.8) is 0 Å². The molecule has 1 aromatic carbocycles. The van der Waals surface area contributed by atoms with Gasteiger partial charge in [-0.05, 0) is 40.1 Å². The quantitative estimate of drug-likeness (QED) is 0.779. The van der Waals surface area contributed by atoms with Gasteiger partial charge in [0.1, 0.15) is 5.75 Å². The lowest BCUT2D eigenvalue weighted by molar-refractivity contribution is 0.0806. The second kappa shape index (κ2) is 7.05. The third-order valence-electron chi connectivity index (χ3n) is 3.95. The fraction of sp³-hybridized carbons (Fsp3) is 0.588. The first-order chi connectivity index (χ1) is 9.97. The van der Waals surface area contributed by atoms with Gasteiger partial charge in [-0.25, -0.2) is 0 Å². The smallest absolute Gasteiger partial charge is 0.168 e. The fourth-order valence-electron chi connectivity index (χ4n) is 2.70. The number of para-hydroxylation sites is 1. The third-order valence-corrected chi connectivity index (χ3v) is 3.95. The number of ketones is 1. The number of piperazine rings is 1. The van der Waals surface area contributed by atoms with E-state index in [1.165, 1.54) is 0 Å². The van der Waals surface area contributed by atoms with Crippen molar-refractivity contribution >= 4 is 5.78 Å². The van der Waals surface area contributed by atoms with Crippen molar-refractivity contribution in [2.75, 3.05) is 33.7 Å². The first-order valence-electron chi connectivity index (χ1n) is 7.65. The topological polar surface area (TPSA) is 32.8 Å². The van der Waals surface area contributed by atoms with Crippen LogP contribution in [0.4, 0.5) is 0 Å². The zero-order chi connectivity index (χ0) is 15.4. The molecule has 116 valence electrons. The standard InChI is InChI=1S/C17H26N2O2/c1-13(2)21-17-8-6-5-7-15(17)16(20)11-14-12-18(3)9-10-19(14)4/h5-8,13-14H,9-12H2,1-4H3. The highest BCUT2D eigenvalue weighted by Crippen LogP contribution is 2.23. The molecule has 0 saturated carbocycles. The Labute approximate surface area is 127 Å². The molecule has 1 aliphatic heterocycles. The minimum Gasteiger partial charge on any atom is -0.490 e. The Kier molecular flexibility index (Phi) is 5.37. The Hall–Kier alpha value is -1.39. The second-order valence-electron chi connectivity index (χ2n) is 6.19. The molecular formula is C17H26N2O2. The monoisotopic (exact) mass is 290 g/mol. The summed E-state index contributed by atoms with van der Waals surface area (Å²) in [4.78, 5) is 17.2. The molecule has 0 N–H and O–H groups in total. The molecule has 4 heteroatoms. The minimum atomic E-state index is 0.0717. The van der Waals surface area contributed by atoms with Gasteiger partial charge in [0.15, 0.2) is 5.78 Å². The van der Waals surface area contributed by atoms with E-state index in [1.807, 2.05) is 38.1 Å². The number of likely N-dealkylation sites (N-methyl/N-ethyl adjacent to an activating group) is 2. The van der Waals surface area contributed by atoms with Crippen LogP contribution in [-0.4, -0.2) is 61.5 Å². The molecule has 1 heterocycles. The van der Waals surface area contributed by atoms with Gasteiger partial charge in [0.05, 0.1) is 11.7 Å². The molecular weight excluding hydrogens is 264 g/mol. The van der Waals surface area contributed by atoms with E-state index in [1.54, 1.807) is 0 Å². The molecule has 1 unspecified atom stereocenters. The summed E-state index contributed by atoms with van der Waals surface area (Å²) >= 11 is 0. The minimum absolute atomic E-state index is 0.0717. The number of benzene rings is 1. The van der Waals surface area contributed by atoms with E-state index in [0.29, 0.717) is 17.7 Å². The Morgan fingerprint density at radius 3 is 2.71 bits per heavy atom. The average molecular weight is 290 g/mol. The van der Waals surface area contributed by atoms with Crippen LogP contribution in [0.3, 0.4) is 0 Å². The summed E-state index contributed by atoms with van der Waals surface area (Å²) < 4.78 is 5.76. The molecule has 1 atom stereocenters. The van der Waals surface area contributed by atoms with Gasteiger partial charge in [0, 0.05) is 32.1 Å². The lowest BCUT2D eigenvalue weighted by atomic mass is 10.0. The Bertz CT molecular complexity index is 487. The van der Waals surface area contributed by atoms with Crippen molar-refractivity contribution in [1.29, 1.82) is 0 Å². The highest BCUT2D eigenvalue weighted by atomic mass is 16.5. The lowest BCUT2D eigenvalue weighted by Crippen LogP contribution is -2.50. The normalized spacial score (nSPS) is 20.7.